The minimum atomic E-state index is -0.204. The van der Waals surface area contributed by atoms with Crippen molar-refractivity contribution < 1.29 is 0 Å². The number of hydrogen-bond donors (Lipinski definition) is 1. The first-order chi connectivity index (χ1) is 14.7. The lowest BCUT2D eigenvalue weighted by Crippen LogP contribution is -2.20. The number of hydrogen-bond acceptors (Lipinski definition) is 5. The summed E-state index contributed by atoms with van der Waals surface area (Å²) < 4.78 is 3.13. The molecule has 7 heteroatoms. The molecule has 4 rings (SSSR count). The van der Waals surface area contributed by atoms with E-state index in [1.165, 1.54) is 4.57 Å². The minimum Gasteiger partial charge on any atom is -0.324 e. The Kier molecular flexibility index (Phi) is 5.07. The SMILES string of the molecule is Cc1cc([C@@H](C)N)c2cc(-c3cnc(-c4ccn(C)c(=O)c4C)nc3)n(C)c(=O)c2c1. The number of pyridine rings is 2. The van der Waals surface area contributed by atoms with Crippen molar-refractivity contribution in [3.05, 3.63) is 80.3 Å². The van der Waals surface area contributed by atoms with Crippen LogP contribution in [0.25, 0.3) is 33.4 Å². The molecule has 0 bridgehead atoms. The summed E-state index contributed by atoms with van der Waals surface area (Å²) in [6.07, 6.45) is 5.06. The molecule has 0 saturated carbocycles. The quantitative estimate of drug-likeness (QED) is 0.555. The number of rotatable bonds is 3. The smallest absolute Gasteiger partial charge is 0.258 e. The van der Waals surface area contributed by atoms with Crippen LogP contribution in [0, 0.1) is 13.8 Å². The highest BCUT2D eigenvalue weighted by molar-refractivity contribution is 5.89. The van der Waals surface area contributed by atoms with E-state index >= 15 is 0 Å². The largest absolute Gasteiger partial charge is 0.324 e. The van der Waals surface area contributed by atoms with E-state index in [-0.39, 0.29) is 17.2 Å². The van der Waals surface area contributed by atoms with Crippen molar-refractivity contribution in [2.45, 2.75) is 26.8 Å². The predicted molar refractivity (Wildman–Crippen MR) is 123 cm³/mol. The third kappa shape index (κ3) is 3.47. The number of nitrogens with two attached hydrogens (primary N) is 1. The average molecular weight is 415 g/mol. The van der Waals surface area contributed by atoms with Gasteiger partial charge in [0.05, 0.1) is 5.69 Å². The summed E-state index contributed by atoms with van der Waals surface area (Å²) >= 11 is 0. The van der Waals surface area contributed by atoms with Gasteiger partial charge >= 0.3 is 0 Å². The Balaban J connectivity index is 1.88. The molecule has 0 fully saturated rings. The van der Waals surface area contributed by atoms with Crippen molar-refractivity contribution in [2.24, 2.45) is 19.8 Å². The maximum Gasteiger partial charge on any atom is 0.258 e. The Morgan fingerprint density at radius 1 is 0.968 bits per heavy atom. The minimum absolute atomic E-state index is 0.0826. The first-order valence-electron chi connectivity index (χ1n) is 10.1. The molecule has 0 aliphatic rings. The fourth-order valence-corrected chi connectivity index (χ4v) is 3.94. The van der Waals surface area contributed by atoms with Crippen LogP contribution < -0.4 is 16.9 Å². The van der Waals surface area contributed by atoms with Gasteiger partial charge in [-0.2, -0.15) is 0 Å². The van der Waals surface area contributed by atoms with Crippen molar-refractivity contribution in [1.82, 2.24) is 19.1 Å². The summed E-state index contributed by atoms with van der Waals surface area (Å²) in [6.45, 7) is 5.64. The van der Waals surface area contributed by atoms with E-state index in [0.29, 0.717) is 33.6 Å². The summed E-state index contributed by atoms with van der Waals surface area (Å²) in [5, 5.41) is 1.48. The fraction of sp³-hybridized carbons (Fsp3) is 0.250. The van der Waals surface area contributed by atoms with Crippen LogP contribution in [0.1, 0.15) is 29.7 Å². The van der Waals surface area contributed by atoms with Gasteiger partial charge in [0.1, 0.15) is 0 Å². The first kappa shape index (κ1) is 20.7. The Hall–Kier alpha value is -3.58. The van der Waals surface area contributed by atoms with E-state index in [4.69, 9.17) is 5.73 Å². The van der Waals surface area contributed by atoms with Crippen molar-refractivity contribution in [3.63, 3.8) is 0 Å². The van der Waals surface area contributed by atoms with Crippen LogP contribution in [0.5, 0.6) is 0 Å². The lowest BCUT2D eigenvalue weighted by atomic mass is 9.97. The molecule has 0 radical (unpaired) electrons. The summed E-state index contributed by atoms with van der Waals surface area (Å²) in [5.74, 6) is 0.469. The van der Waals surface area contributed by atoms with Gasteiger partial charge in [-0.15, -0.1) is 0 Å². The van der Waals surface area contributed by atoms with Gasteiger partial charge < -0.3 is 14.9 Å². The second kappa shape index (κ2) is 7.59. The Bertz CT molecular complexity index is 1430. The summed E-state index contributed by atoms with van der Waals surface area (Å²) in [4.78, 5) is 34.3. The van der Waals surface area contributed by atoms with Gasteiger partial charge in [-0.1, -0.05) is 6.07 Å². The molecule has 2 N–H and O–H groups in total. The van der Waals surface area contributed by atoms with Gasteiger partial charge in [-0.3, -0.25) is 9.59 Å². The van der Waals surface area contributed by atoms with Crippen LogP contribution in [0.4, 0.5) is 0 Å². The monoisotopic (exact) mass is 415 g/mol. The molecular formula is C24H25N5O2. The van der Waals surface area contributed by atoms with E-state index < -0.39 is 0 Å². The summed E-state index contributed by atoms with van der Waals surface area (Å²) in [5.41, 5.74) is 10.6. The standard InChI is InChI=1S/C24H25N5O2/c1-13-8-18(15(3)25)19-10-21(29(5)24(31)20(19)9-13)16-11-26-22(27-12-16)17-6-7-28(4)23(30)14(17)2/h6-12,15H,25H2,1-5H3/t15-/m1/s1. The van der Waals surface area contributed by atoms with E-state index in [2.05, 4.69) is 9.97 Å². The summed E-state index contributed by atoms with van der Waals surface area (Å²) in [6, 6.07) is 7.51. The van der Waals surface area contributed by atoms with Gasteiger partial charge in [-0.05, 0) is 55.5 Å². The molecule has 3 aromatic heterocycles. The zero-order valence-electron chi connectivity index (χ0n) is 18.3. The summed E-state index contributed by atoms with van der Waals surface area (Å²) in [7, 11) is 3.45. The van der Waals surface area contributed by atoms with Gasteiger partial charge in [0.25, 0.3) is 11.1 Å². The molecule has 0 saturated heterocycles. The van der Waals surface area contributed by atoms with Crippen molar-refractivity contribution in [2.75, 3.05) is 0 Å². The van der Waals surface area contributed by atoms with Crippen molar-refractivity contribution in [3.8, 4) is 22.6 Å². The van der Waals surface area contributed by atoms with Crippen LogP contribution >= 0.6 is 0 Å². The number of benzene rings is 1. The lowest BCUT2D eigenvalue weighted by molar-refractivity contribution is 0.823. The van der Waals surface area contributed by atoms with E-state index in [0.717, 1.165) is 16.5 Å². The van der Waals surface area contributed by atoms with Gasteiger partial charge in [0.2, 0.25) is 0 Å². The van der Waals surface area contributed by atoms with Crippen LogP contribution in [0.15, 0.2) is 52.4 Å². The Labute approximate surface area is 179 Å². The molecule has 0 unspecified atom stereocenters. The van der Waals surface area contributed by atoms with Crippen LogP contribution in [0.2, 0.25) is 0 Å². The van der Waals surface area contributed by atoms with Gasteiger partial charge in [-0.25, -0.2) is 9.97 Å². The molecule has 1 aromatic carbocycles. The second-order valence-electron chi connectivity index (χ2n) is 8.06. The highest BCUT2D eigenvalue weighted by atomic mass is 16.1. The molecule has 158 valence electrons. The highest BCUT2D eigenvalue weighted by Gasteiger charge is 2.15. The van der Waals surface area contributed by atoms with Crippen molar-refractivity contribution in [1.29, 1.82) is 0 Å². The average Bonchev–Trinajstić information content (AvgIpc) is 2.75. The number of aryl methyl sites for hydroxylation is 2. The first-order valence-corrected chi connectivity index (χ1v) is 10.1. The molecule has 0 aliphatic carbocycles. The van der Waals surface area contributed by atoms with Gasteiger partial charge in [0, 0.05) is 60.8 Å². The number of aromatic nitrogens is 4. The zero-order chi connectivity index (χ0) is 22.4. The molecule has 0 spiro atoms. The maximum atomic E-state index is 13.1. The van der Waals surface area contributed by atoms with Crippen LogP contribution in [-0.4, -0.2) is 19.1 Å². The van der Waals surface area contributed by atoms with E-state index in [9.17, 15) is 9.59 Å². The van der Waals surface area contributed by atoms with Crippen molar-refractivity contribution >= 4 is 10.8 Å². The molecule has 4 aromatic rings. The van der Waals surface area contributed by atoms with Crippen LogP contribution in [0.3, 0.4) is 0 Å². The van der Waals surface area contributed by atoms with E-state index in [1.54, 1.807) is 44.2 Å². The topological polar surface area (TPSA) is 95.8 Å². The normalized spacial score (nSPS) is 12.3. The molecule has 0 amide bonds. The Morgan fingerprint density at radius 3 is 2.29 bits per heavy atom. The van der Waals surface area contributed by atoms with E-state index in [1.807, 2.05) is 38.1 Å². The molecule has 3 heterocycles. The molecule has 31 heavy (non-hydrogen) atoms. The zero-order valence-corrected chi connectivity index (χ0v) is 18.3. The Morgan fingerprint density at radius 2 is 1.65 bits per heavy atom. The molecule has 1 atom stereocenters. The van der Waals surface area contributed by atoms with Gasteiger partial charge in [0.15, 0.2) is 5.82 Å². The molecule has 0 aliphatic heterocycles. The molecule has 7 nitrogen and oxygen atoms in total. The van der Waals surface area contributed by atoms with Crippen LogP contribution in [-0.2, 0) is 14.1 Å². The number of nitrogens with zero attached hydrogens (tertiary/aromatic N) is 4. The maximum absolute atomic E-state index is 13.1. The number of fused-ring (bicyclic) bond motifs is 1. The highest BCUT2D eigenvalue weighted by Crippen LogP contribution is 2.28. The fourth-order valence-electron chi connectivity index (χ4n) is 3.94. The molecular weight excluding hydrogens is 390 g/mol. The third-order valence-electron chi connectivity index (χ3n) is 5.72. The lowest BCUT2D eigenvalue weighted by Gasteiger charge is -2.16. The predicted octanol–water partition coefficient (Wildman–Crippen LogP) is 3.00. The second-order valence-corrected chi connectivity index (χ2v) is 8.06. The third-order valence-corrected chi connectivity index (χ3v) is 5.72.